The predicted molar refractivity (Wildman–Crippen MR) is 111 cm³/mol. The molecule has 0 amide bonds. The van der Waals surface area contributed by atoms with E-state index in [1.807, 2.05) is 31.6 Å². The number of aromatic nitrogens is 4. The average Bonchev–Trinajstić information content (AvgIpc) is 2.68. The number of thioether (sulfide) groups is 1. The molecule has 0 spiro atoms. The second kappa shape index (κ2) is 7.44. The van der Waals surface area contributed by atoms with Crippen molar-refractivity contribution in [1.29, 1.82) is 0 Å². The topological polar surface area (TPSA) is 54.8 Å². The number of hydrogen-bond acceptors (Lipinski definition) is 6. The number of pyridine rings is 2. The summed E-state index contributed by atoms with van der Waals surface area (Å²) in [4.78, 5) is 20.4. The van der Waals surface area contributed by atoms with Crippen molar-refractivity contribution in [3.8, 4) is 11.3 Å². The molecule has 0 radical (unpaired) electrons. The van der Waals surface area contributed by atoms with Gasteiger partial charge in [-0.3, -0.25) is 4.98 Å². The molecule has 0 saturated heterocycles. The van der Waals surface area contributed by atoms with Gasteiger partial charge < -0.3 is 4.90 Å². The van der Waals surface area contributed by atoms with Crippen LogP contribution in [0.25, 0.3) is 11.3 Å². The smallest absolute Gasteiger partial charge is 0.187 e. The third-order valence-electron chi connectivity index (χ3n) is 4.73. The third-order valence-corrected chi connectivity index (χ3v) is 5.59. The number of nitrogens with zero attached hydrogens (tertiary/aromatic N) is 5. The minimum atomic E-state index is 0.614. The van der Waals surface area contributed by atoms with Gasteiger partial charge in [0.25, 0.3) is 0 Å². The lowest BCUT2D eigenvalue weighted by molar-refractivity contribution is 0.681. The molecule has 3 aromatic rings. The summed E-state index contributed by atoms with van der Waals surface area (Å²) in [6.45, 7) is 5.72. The van der Waals surface area contributed by atoms with Crippen molar-refractivity contribution >= 4 is 29.2 Å². The average molecular weight is 398 g/mol. The quantitative estimate of drug-likeness (QED) is 0.479. The van der Waals surface area contributed by atoms with E-state index in [1.165, 1.54) is 0 Å². The molecule has 0 fully saturated rings. The van der Waals surface area contributed by atoms with Crippen molar-refractivity contribution in [2.24, 2.45) is 0 Å². The number of anilines is 1. The van der Waals surface area contributed by atoms with Crippen molar-refractivity contribution in [2.75, 3.05) is 17.7 Å². The molecule has 0 aliphatic carbocycles. The number of hydrogen-bond donors (Lipinski definition) is 0. The monoisotopic (exact) mass is 397 g/mol. The highest BCUT2D eigenvalue weighted by Crippen LogP contribution is 2.32. The van der Waals surface area contributed by atoms with Crippen LogP contribution in [-0.2, 0) is 13.0 Å². The molecule has 1 aliphatic heterocycles. The van der Waals surface area contributed by atoms with Gasteiger partial charge in [0.2, 0.25) is 0 Å². The van der Waals surface area contributed by atoms with E-state index < -0.39 is 0 Å². The maximum atomic E-state index is 6.45. The second-order valence-electron chi connectivity index (χ2n) is 6.70. The van der Waals surface area contributed by atoms with Gasteiger partial charge in [-0.1, -0.05) is 29.4 Å². The van der Waals surface area contributed by atoms with Crippen LogP contribution in [0.15, 0.2) is 35.9 Å². The number of rotatable bonds is 3. The van der Waals surface area contributed by atoms with Gasteiger partial charge in [-0.25, -0.2) is 15.0 Å². The summed E-state index contributed by atoms with van der Waals surface area (Å²) in [5.74, 6) is 0.899. The van der Waals surface area contributed by atoms with Gasteiger partial charge in [-0.15, -0.1) is 0 Å². The molecule has 27 heavy (non-hydrogen) atoms. The van der Waals surface area contributed by atoms with E-state index in [0.29, 0.717) is 5.02 Å². The van der Waals surface area contributed by atoms with Gasteiger partial charge in [0.1, 0.15) is 5.82 Å². The Labute approximate surface area is 168 Å². The first kappa shape index (κ1) is 18.2. The molecule has 0 atom stereocenters. The zero-order chi connectivity index (χ0) is 19.0. The summed E-state index contributed by atoms with van der Waals surface area (Å²) >= 11 is 8.03. The van der Waals surface area contributed by atoms with E-state index in [1.54, 1.807) is 18.0 Å². The first-order valence-corrected chi connectivity index (χ1v) is 10.4. The SMILES string of the molecule is CSc1ncc2c(n1)CCN(c1cc(-c3ncc(C)cc3C)c(Cl)cn1)C2. The Morgan fingerprint density at radius 3 is 2.70 bits per heavy atom. The Balaban J connectivity index is 1.67. The van der Waals surface area contributed by atoms with E-state index >= 15 is 0 Å². The molecule has 1 aliphatic rings. The summed E-state index contributed by atoms with van der Waals surface area (Å²) in [5.41, 5.74) is 6.35. The fourth-order valence-electron chi connectivity index (χ4n) is 3.37. The molecule has 0 N–H and O–H groups in total. The molecule has 7 heteroatoms. The highest BCUT2D eigenvalue weighted by Gasteiger charge is 2.21. The molecular formula is C20H20ClN5S. The maximum Gasteiger partial charge on any atom is 0.187 e. The standard InChI is InChI=1S/C20H20ClN5S/c1-12-6-13(2)19(23-8-12)15-7-18(22-10-16(15)21)26-5-4-17-14(11-26)9-24-20(25-17)27-3/h6-10H,4-5,11H2,1-3H3. The summed E-state index contributed by atoms with van der Waals surface area (Å²) in [6.07, 6.45) is 8.40. The van der Waals surface area contributed by atoms with Crippen LogP contribution in [0.5, 0.6) is 0 Å². The normalized spacial score (nSPS) is 13.6. The first-order chi connectivity index (χ1) is 13.0. The molecule has 4 heterocycles. The van der Waals surface area contributed by atoms with Crippen LogP contribution in [0.4, 0.5) is 5.82 Å². The van der Waals surface area contributed by atoms with Crippen molar-refractivity contribution < 1.29 is 0 Å². The molecule has 0 saturated carbocycles. The van der Waals surface area contributed by atoms with Crippen LogP contribution in [0, 0.1) is 13.8 Å². The molecule has 4 rings (SSSR count). The van der Waals surface area contributed by atoms with Crippen molar-refractivity contribution in [2.45, 2.75) is 32.0 Å². The Hall–Kier alpha value is -2.18. The number of fused-ring (bicyclic) bond motifs is 1. The minimum Gasteiger partial charge on any atom is -0.352 e. The molecule has 5 nitrogen and oxygen atoms in total. The van der Waals surface area contributed by atoms with E-state index in [0.717, 1.165) is 64.1 Å². The Kier molecular flexibility index (Phi) is 5.02. The van der Waals surface area contributed by atoms with E-state index in [-0.39, 0.29) is 0 Å². The molecule has 138 valence electrons. The third kappa shape index (κ3) is 3.64. The fraction of sp³-hybridized carbons (Fsp3) is 0.300. The van der Waals surface area contributed by atoms with Crippen LogP contribution in [-0.4, -0.2) is 32.7 Å². The molecular weight excluding hydrogens is 378 g/mol. The van der Waals surface area contributed by atoms with E-state index in [9.17, 15) is 0 Å². The highest BCUT2D eigenvalue weighted by atomic mass is 35.5. The summed E-state index contributed by atoms with van der Waals surface area (Å²) in [7, 11) is 0. The summed E-state index contributed by atoms with van der Waals surface area (Å²) < 4.78 is 0. The Bertz CT molecular complexity index is 1010. The van der Waals surface area contributed by atoms with Crippen molar-refractivity contribution in [3.63, 3.8) is 0 Å². The lowest BCUT2D eigenvalue weighted by Gasteiger charge is -2.29. The van der Waals surface area contributed by atoms with E-state index in [2.05, 4.69) is 37.8 Å². The van der Waals surface area contributed by atoms with Crippen LogP contribution in [0.1, 0.15) is 22.4 Å². The molecule has 0 unspecified atom stereocenters. The van der Waals surface area contributed by atoms with Gasteiger partial charge >= 0.3 is 0 Å². The van der Waals surface area contributed by atoms with Gasteiger partial charge in [0.05, 0.1) is 16.4 Å². The van der Waals surface area contributed by atoms with Crippen molar-refractivity contribution in [1.82, 2.24) is 19.9 Å². The van der Waals surface area contributed by atoms with Crippen LogP contribution < -0.4 is 4.90 Å². The van der Waals surface area contributed by atoms with Crippen LogP contribution >= 0.6 is 23.4 Å². The lowest BCUT2D eigenvalue weighted by atomic mass is 10.0. The molecule has 3 aromatic heterocycles. The Morgan fingerprint density at radius 2 is 1.93 bits per heavy atom. The zero-order valence-electron chi connectivity index (χ0n) is 15.5. The van der Waals surface area contributed by atoms with Crippen molar-refractivity contribution in [3.05, 3.63) is 58.1 Å². The largest absolute Gasteiger partial charge is 0.352 e. The highest BCUT2D eigenvalue weighted by molar-refractivity contribution is 7.98. The maximum absolute atomic E-state index is 6.45. The zero-order valence-corrected chi connectivity index (χ0v) is 17.1. The Morgan fingerprint density at radius 1 is 1.07 bits per heavy atom. The summed E-state index contributed by atoms with van der Waals surface area (Å²) in [5, 5.41) is 1.44. The lowest BCUT2D eigenvalue weighted by Crippen LogP contribution is -2.31. The first-order valence-electron chi connectivity index (χ1n) is 8.78. The van der Waals surface area contributed by atoms with Gasteiger partial charge in [-0.2, -0.15) is 0 Å². The predicted octanol–water partition coefficient (Wildman–Crippen LogP) is 4.49. The number of halogens is 1. The van der Waals surface area contributed by atoms with Gasteiger partial charge in [0.15, 0.2) is 5.16 Å². The molecule has 0 aromatic carbocycles. The fourth-order valence-corrected chi connectivity index (χ4v) is 3.92. The second-order valence-corrected chi connectivity index (χ2v) is 7.88. The number of aryl methyl sites for hydroxylation is 2. The van der Waals surface area contributed by atoms with Gasteiger partial charge in [0, 0.05) is 49.2 Å². The van der Waals surface area contributed by atoms with Crippen LogP contribution in [0.3, 0.4) is 0 Å². The minimum absolute atomic E-state index is 0.614. The summed E-state index contributed by atoms with van der Waals surface area (Å²) in [6, 6.07) is 4.16. The van der Waals surface area contributed by atoms with Crippen LogP contribution in [0.2, 0.25) is 5.02 Å². The van der Waals surface area contributed by atoms with Gasteiger partial charge in [-0.05, 0) is 37.3 Å². The molecule has 0 bridgehead atoms. The van der Waals surface area contributed by atoms with E-state index in [4.69, 9.17) is 11.6 Å².